The van der Waals surface area contributed by atoms with Gasteiger partial charge in [0.05, 0.1) is 6.42 Å². The number of hydrogen-bond acceptors (Lipinski definition) is 3. The lowest BCUT2D eigenvalue weighted by Gasteiger charge is -2.02. The molecule has 0 saturated heterocycles. The van der Waals surface area contributed by atoms with E-state index in [-0.39, 0.29) is 6.42 Å². The van der Waals surface area contributed by atoms with Crippen molar-refractivity contribution in [1.29, 1.82) is 0 Å². The molecule has 0 radical (unpaired) electrons. The van der Waals surface area contributed by atoms with Crippen LogP contribution in [-0.4, -0.2) is 11.1 Å². The first-order valence-corrected chi connectivity index (χ1v) is 3.63. The zero-order valence-corrected chi connectivity index (χ0v) is 6.51. The smallest absolute Gasteiger partial charge is 0.267 e. The number of hydrogen-bond donors (Lipinski definition) is 1. The number of nitro groups is 1. The molecule has 0 saturated carbocycles. The Morgan fingerprint density at radius 3 is 2.50 bits per heavy atom. The average molecular weight is 166 g/mol. The minimum absolute atomic E-state index is 0.286. The summed E-state index contributed by atoms with van der Waals surface area (Å²) >= 11 is 0. The van der Waals surface area contributed by atoms with Gasteiger partial charge in [-0.3, -0.25) is 15.8 Å². The molecule has 0 aromatic heterocycles. The zero-order chi connectivity index (χ0) is 8.97. The van der Waals surface area contributed by atoms with Crippen molar-refractivity contribution >= 4 is 0 Å². The zero-order valence-electron chi connectivity index (χ0n) is 6.51. The maximum absolute atomic E-state index is 10.2. The molecule has 1 unspecified atom stereocenters. The molecule has 0 amide bonds. The molecule has 12 heavy (non-hydrogen) atoms. The largest absolute Gasteiger partial charge is 0.268 e. The van der Waals surface area contributed by atoms with E-state index in [9.17, 15) is 10.1 Å². The third-order valence-corrected chi connectivity index (χ3v) is 1.56. The van der Waals surface area contributed by atoms with Crippen LogP contribution in [0.15, 0.2) is 30.3 Å². The fourth-order valence-electron chi connectivity index (χ4n) is 0.930. The Balaban J connectivity index is 2.58. The summed E-state index contributed by atoms with van der Waals surface area (Å²) in [7, 11) is 0. The summed E-state index contributed by atoms with van der Waals surface area (Å²) in [5, 5.41) is 10.2. The summed E-state index contributed by atoms with van der Waals surface area (Å²) < 4.78 is 0. The molecule has 0 spiro atoms. The first-order valence-electron chi connectivity index (χ1n) is 3.63. The average Bonchev–Trinajstić information content (AvgIpc) is 2.06. The monoisotopic (exact) mass is 166 g/mol. The van der Waals surface area contributed by atoms with Gasteiger partial charge in [-0.05, 0) is 5.56 Å². The van der Waals surface area contributed by atoms with Gasteiger partial charge in [0.2, 0.25) is 0 Å². The minimum Gasteiger partial charge on any atom is -0.268 e. The predicted molar refractivity (Wildman–Crippen MR) is 45.1 cm³/mol. The highest BCUT2D eigenvalue weighted by Gasteiger charge is 2.12. The third-order valence-electron chi connectivity index (χ3n) is 1.56. The van der Waals surface area contributed by atoms with Crippen LogP contribution in [0.3, 0.4) is 0 Å². The second-order valence-electron chi connectivity index (χ2n) is 2.54. The normalized spacial score (nSPS) is 12.4. The van der Waals surface area contributed by atoms with Crippen LogP contribution in [-0.2, 0) is 6.42 Å². The molecule has 0 fully saturated rings. The van der Waals surface area contributed by atoms with E-state index >= 15 is 0 Å². The van der Waals surface area contributed by atoms with Crippen molar-refractivity contribution in [2.24, 2.45) is 5.73 Å². The van der Waals surface area contributed by atoms with E-state index in [1.54, 1.807) is 0 Å². The molecule has 0 aliphatic rings. The van der Waals surface area contributed by atoms with Crippen molar-refractivity contribution in [1.82, 2.24) is 0 Å². The van der Waals surface area contributed by atoms with E-state index in [2.05, 4.69) is 0 Å². The highest BCUT2D eigenvalue weighted by molar-refractivity contribution is 5.15. The summed E-state index contributed by atoms with van der Waals surface area (Å²) in [6.07, 6.45) is -0.708. The quantitative estimate of drug-likeness (QED) is 0.410. The van der Waals surface area contributed by atoms with Gasteiger partial charge in [0.25, 0.3) is 6.17 Å². The fourth-order valence-corrected chi connectivity index (χ4v) is 0.930. The van der Waals surface area contributed by atoms with E-state index in [4.69, 9.17) is 5.73 Å². The summed E-state index contributed by atoms with van der Waals surface area (Å²) in [5.41, 5.74) is 6.14. The highest BCUT2D eigenvalue weighted by Crippen LogP contribution is 2.01. The predicted octanol–water partition coefficient (Wildman–Crippen LogP) is 0.791. The SMILES string of the molecule is NC(Cc1ccccc1)[N+](=O)[O-]. The number of nitrogens with two attached hydrogens (primary N) is 1. The van der Waals surface area contributed by atoms with Crippen molar-refractivity contribution < 1.29 is 4.92 Å². The minimum atomic E-state index is -0.993. The lowest BCUT2D eigenvalue weighted by atomic mass is 10.1. The van der Waals surface area contributed by atoms with E-state index in [0.29, 0.717) is 0 Å². The molecule has 1 atom stereocenters. The van der Waals surface area contributed by atoms with Crippen LogP contribution >= 0.6 is 0 Å². The summed E-state index contributed by atoms with van der Waals surface area (Å²) in [6, 6.07) is 9.18. The summed E-state index contributed by atoms with van der Waals surface area (Å²) in [6.45, 7) is 0. The van der Waals surface area contributed by atoms with Gasteiger partial charge >= 0.3 is 0 Å². The Labute approximate surface area is 70.2 Å². The Bertz CT molecular complexity index is 261. The molecule has 2 N–H and O–H groups in total. The van der Waals surface area contributed by atoms with Gasteiger partial charge in [0.15, 0.2) is 0 Å². The van der Waals surface area contributed by atoms with Gasteiger partial charge < -0.3 is 0 Å². The standard InChI is InChI=1S/C8H10N2O2/c9-8(10(11)12)6-7-4-2-1-3-5-7/h1-5,8H,6,9H2. The summed E-state index contributed by atoms with van der Waals surface area (Å²) in [4.78, 5) is 9.71. The molecule has 1 aromatic rings. The third kappa shape index (κ3) is 2.32. The van der Waals surface area contributed by atoms with Crippen molar-refractivity contribution in [3.05, 3.63) is 46.0 Å². The van der Waals surface area contributed by atoms with Crippen LogP contribution in [0.4, 0.5) is 0 Å². The van der Waals surface area contributed by atoms with Crippen LogP contribution in [0.2, 0.25) is 0 Å². The molecule has 1 aromatic carbocycles. The van der Waals surface area contributed by atoms with Gasteiger partial charge in [0.1, 0.15) is 0 Å². The molecule has 1 rings (SSSR count). The van der Waals surface area contributed by atoms with E-state index in [1.165, 1.54) is 0 Å². The molecular weight excluding hydrogens is 156 g/mol. The van der Waals surface area contributed by atoms with Gasteiger partial charge in [-0.15, -0.1) is 0 Å². The second kappa shape index (κ2) is 3.82. The molecule has 4 nitrogen and oxygen atoms in total. The molecule has 4 heteroatoms. The van der Waals surface area contributed by atoms with Gasteiger partial charge in [-0.1, -0.05) is 30.3 Å². The van der Waals surface area contributed by atoms with Crippen LogP contribution < -0.4 is 5.73 Å². The Morgan fingerprint density at radius 2 is 2.00 bits per heavy atom. The second-order valence-corrected chi connectivity index (χ2v) is 2.54. The van der Waals surface area contributed by atoms with Gasteiger partial charge in [-0.25, -0.2) is 0 Å². The molecular formula is C8H10N2O2. The van der Waals surface area contributed by atoms with E-state index in [0.717, 1.165) is 5.56 Å². The topological polar surface area (TPSA) is 69.2 Å². The van der Waals surface area contributed by atoms with E-state index < -0.39 is 11.1 Å². The molecule has 0 bridgehead atoms. The van der Waals surface area contributed by atoms with Crippen molar-refractivity contribution in [3.63, 3.8) is 0 Å². The Hall–Kier alpha value is -1.42. The van der Waals surface area contributed by atoms with Gasteiger partial charge in [-0.2, -0.15) is 0 Å². The lowest BCUT2D eigenvalue weighted by molar-refractivity contribution is -0.520. The van der Waals surface area contributed by atoms with Crippen LogP contribution in [0.5, 0.6) is 0 Å². The summed E-state index contributed by atoms with van der Waals surface area (Å²) in [5.74, 6) is 0. The first kappa shape index (κ1) is 8.67. The van der Waals surface area contributed by atoms with Crippen molar-refractivity contribution in [2.45, 2.75) is 12.6 Å². The Morgan fingerprint density at radius 1 is 1.42 bits per heavy atom. The molecule has 0 aliphatic heterocycles. The first-order chi connectivity index (χ1) is 5.70. The number of nitrogens with zero attached hydrogens (tertiary/aromatic N) is 1. The van der Waals surface area contributed by atoms with Gasteiger partial charge in [0, 0.05) is 4.92 Å². The van der Waals surface area contributed by atoms with E-state index in [1.807, 2.05) is 30.3 Å². The fraction of sp³-hybridized carbons (Fsp3) is 0.250. The number of benzene rings is 1. The van der Waals surface area contributed by atoms with Crippen LogP contribution in [0, 0.1) is 10.1 Å². The van der Waals surface area contributed by atoms with Crippen molar-refractivity contribution in [3.8, 4) is 0 Å². The van der Waals surface area contributed by atoms with Crippen molar-refractivity contribution in [2.75, 3.05) is 0 Å². The molecule has 64 valence electrons. The highest BCUT2D eigenvalue weighted by atomic mass is 16.6. The van der Waals surface area contributed by atoms with Crippen LogP contribution in [0.25, 0.3) is 0 Å². The maximum Gasteiger partial charge on any atom is 0.267 e. The number of rotatable bonds is 3. The molecule has 0 aliphatic carbocycles. The Kier molecular flexibility index (Phi) is 2.76. The van der Waals surface area contributed by atoms with Crippen LogP contribution in [0.1, 0.15) is 5.56 Å². The molecule has 0 heterocycles. The lowest BCUT2D eigenvalue weighted by Crippen LogP contribution is -2.31. The maximum atomic E-state index is 10.2.